The number of H-pyrrole nitrogens is 1. The Morgan fingerprint density at radius 2 is 2.33 bits per heavy atom. The molecule has 0 bridgehead atoms. The first-order valence-corrected chi connectivity index (χ1v) is 5.46. The predicted octanol–water partition coefficient (Wildman–Crippen LogP) is 1.99. The number of pyridine rings is 1. The molecule has 2 aromatic heterocycles. The summed E-state index contributed by atoms with van der Waals surface area (Å²) in [5.41, 5.74) is 8.72. The molecule has 3 rings (SSSR count). The Hall–Kier alpha value is -1.35. The van der Waals surface area contributed by atoms with Crippen LogP contribution in [0.2, 0.25) is 0 Å². The van der Waals surface area contributed by atoms with Gasteiger partial charge in [0.1, 0.15) is 0 Å². The maximum Gasteiger partial charge on any atom is 0.0643 e. The van der Waals surface area contributed by atoms with Crippen LogP contribution in [0.4, 0.5) is 0 Å². The molecular formula is C12H15N3. The van der Waals surface area contributed by atoms with Crippen LogP contribution in [-0.4, -0.2) is 15.5 Å². The van der Waals surface area contributed by atoms with E-state index < -0.39 is 0 Å². The summed E-state index contributed by atoms with van der Waals surface area (Å²) in [4.78, 5) is 7.33. The molecule has 0 amide bonds. The van der Waals surface area contributed by atoms with Crippen LogP contribution in [0.25, 0.3) is 10.9 Å². The highest BCUT2D eigenvalue weighted by molar-refractivity contribution is 5.82. The maximum absolute atomic E-state index is 6.08. The molecule has 0 unspecified atom stereocenters. The third-order valence-corrected chi connectivity index (χ3v) is 3.35. The fraction of sp³-hybridized carbons (Fsp3) is 0.417. The van der Waals surface area contributed by atoms with Crippen LogP contribution in [0.15, 0.2) is 24.7 Å². The molecule has 1 aliphatic carbocycles. The molecule has 0 radical (unpaired) electrons. The summed E-state index contributed by atoms with van der Waals surface area (Å²) < 4.78 is 0. The standard InChI is InChI=1S/C12H15N3/c13-12(4-5-12)3-1-9-7-15-11-8-14-6-2-10(9)11/h2,6-8,15H,1,3-5,13H2. The van der Waals surface area contributed by atoms with Gasteiger partial charge < -0.3 is 10.7 Å². The Kier molecular flexibility index (Phi) is 1.83. The highest BCUT2D eigenvalue weighted by Crippen LogP contribution is 2.37. The van der Waals surface area contributed by atoms with Crippen LogP contribution >= 0.6 is 0 Å². The first-order valence-electron chi connectivity index (χ1n) is 5.46. The van der Waals surface area contributed by atoms with Gasteiger partial charge in [-0.2, -0.15) is 0 Å². The van der Waals surface area contributed by atoms with Crippen molar-refractivity contribution in [1.82, 2.24) is 9.97 Å². The molecule has 0 atom stereocenters. The van der Waals surface area contributed by atoms with Crippen molar-refractivity contribution in [3.8, 4) is 0 Å². The summed E-state index contributed by atoms with van der Waals surface area (Å²) in [6.45, 7) is 0. The molecule has 78 valence electrons. The van der Waals surface area contributed by atoms with Crippen molar-refractivity contribution < 1.29 is 0 Å². The molecule has 2 heterocycles. The van der Waals surface area contributed by atoms with Crippen molar-refractivity contribution in [1.29, 1.82) is 0 Å². The molecular weight excluding hydrogens is 186 g/mol. The molecule has 3 nitrogen and oxygen atoms in total. The molecule has 0 aromatic carbocycles. The Labute approximate surface area is 88.7 Å². The zero-order valence-corrected chi connectivity index (χ0v) is 8.66. The van der Waals surface area contributed by atoms with Gasteiger partial charge in [-0.05, 0) is 37.3 Å². The largest absolute Gasteiger partial charge is 0.360 e. The summed E-state index contributed by atoms with van der Waals surface area (Å²) in [7, 11) is 0. The van der Waals surface area contributed by atoms with E-state index in [0.29, 0.717) is 0 Å². The number of hydrogen-bond acceptors (Lipinski definition) is 2. The van der Waals surface area contributed by atoms with E-state index in [-0.39, 0.29) is 5.54 Å². The number of nitrogens with two attached hydrogens (primary N) is 1. The lowest BCUT2D eigenvalue weighted by Crippen LogP contribution is -2.21. The van der Waals surface area contributed by atoms with E-state index in [1.54, 1.807) is 0 Å². The molecule has 0 saturated heterocycles. The molecule has 3 N–H and O–H groups in total. The summed E-state index contributed by atoms with van der Waals surface area (Å²) >= 11 is 0. The van der Waals surface area contributed by atoms with E-state index in [9.17, 15) is 0 Å². The van der Waals surface area contributed by atoms with Crippen LogP contribution in [0.1, 0.15) is 24.8 Å². The quantitative estimate of drug-likeness (QED) is 0.797. The first-order chi connectivity index (χ1) is 7.27. The number of aromatic nitrogens is 2. The van der Waals surface area contributed by atoms with E-state index in [4.69, 9.17) is 5.73 Å². The highest BCUT2D eigenvalue weighted by Gasteiger charge is 2.37. The number of aryl methyl sites for hydroxylation is 1. The highest BCUT2D eigenvalue weighted by atomic mass is 14.8. The second-order valence-electron chi connectivity index (χ2n) is 4.60. The minimum Gasteiger partial charge on any atom is -0.360 e. The molecule has 3 heteroatoms. The summed E-state index contributed by atoms with van der Waals surface area (Å²) in [6, 6.07) is 2.07. The third-order valence-electron chi connectivity index (χ3n) is 3.35. The van der Waals surface area contributed by atoms with Crippen molar-refractivity contribution in [2.75, 3.05) is 0 Å². The zero-order valence-electron chi connectivity index (χ0n) is 8.66. The molecule has 1 aliphatic rings. The Bertz CT molecular complexity index is 482. The van der Waals surface area contributed by atoms with Gasteiger partial charge in [0.05, 0.1) is 11.7 Å². The number of fused-ring (bicyclic) bond motifs is 1. The van der Waals surface area contributed by atoms with E-state index in [2.05, 4.69) is 22.2 Å². The Morgan fingerprint density at radius 3 is 3.13 bits per heavy atom. The fourth-order valence-corrected chi connectivity index (χ4v) is 2.03. The molecule has 0 aliphatic heterocycles. The normalized spacial score (nSPS) is 18.2. The number of nitrogens with one attached hydrogen (secondary N) is 1. The molecule has 2 aromatic rings. The van der Waals surface area contributed by atoms with E-state index in [1.807, 2.05) is 12.4 Å². The van der Waals surface area contributed by atoms with Crippen molar-refractivity contribution >= 4 is 10.9 Å². The van der Waals surface area contributed by atoms with Crippen molar-refractivity contribution in [2.24, 2.45) is 5.73 Å². The van der Waals surface area contributed by atoms with Gasteiger partial charge in [0.2, 0.25) is 0 Å². The Balaban J connectivity index is 1.84. The second-order valence-corrected chi connectivity index (χ2v) is 4.60. The topological polar surface area (TPSA) is 54.7 Å². The second kappa shape index (κ2) is 3.07. The van der Waals surface area contributed by atoms with Gasteiger partial charge in [-0.15, -0.1) is 0 Å². The zero-order chi connectivity index (χ0) is 10.3. The molecule has 1 saturated carbocycles. The maximum atomic E-state index is 6.08. The van der Waals surface area contributed by atoms with Gasteiger partial charge in [-0.25, -0.2) is 0 Å². The molecule has 0 spiro atoms. The van der Waals surface area contributed by atoms with Gasteiger partial charge >= 0.3 is 0 Å². The average molecular weight is 201 g/mol. The lowest BCUT2D eigenvalue weighted by Gasteiger charge is -2.06. The van der Waals surface area contributed by atoms with Crippen molar-refractivity contribution in [3.05, 3.63) is 30.2 Å². The van der Waals surface area contributed by atoms with E-state index in [1.165, 1.54) is 23.8 Å². The SMILES string of the molecule is NC1(CCc2c[nH]c3cnccc23)CC1. The minimum absolute atomic E-state index is 0.149. The molecule has 15 heavy (non-hydrogen) atoms. The predicted molar refractivity (Wildman–Crippen MR) is 60.6 cm³/mol. The van der Waals surface area contributed by atoms with Gasteiger partial charge in [0, 0.05) is 23.3 Å². The van der Waals surface area contributed by atoms with Crippen LogP contribution in [0.5, 0.6) is 0 Å². The molecule has 1 fully saturated rings. The first kappa shape index (κ1) is 8.92. The van der Waals surface area contributed by atoms with Gasteiger partial charge in [-0.1, -0.05) is 0 Å². The number of hydrogen-bond donors (Lipinski definition) is 2. The third kappa shape index (κ3) is 1.63. The van der Waals surface area contributed by atoms with Gasteiger partial charge in [0.25, 0.3) is 0 Å². The van der Waals surface area contributed by atoms with Crippen LogP contribution < -0.4 is 5.73 Å². The average Bonchev–Trinajstić information content (AvgIpc) is 2.86. The number of aromatic amines is 1. The fourth-order valence-electron chi connectivity index (χ4n) is 2.03. The summed E-state index contributed by atoms with van der Waals surface area (Å²) in [5, 5.41) is 1.29. The number of nitrogens with zero attached hydrogens (tertiary/aromatic N) is 1. The van der Waals surface area contributed by atoms with Gasteiger partial charge in [0.15, 0.2) is 0 Å². The Morgan fingerprint density at radius 1 is 1.47 bits per heavy atom. The van der Waals surface area contributed by atoms with Crippen LogP contribution in [-0.2, 0) is 6.42 Å². The van der Waals surface area contributed by atoms with Crippen molar-refractivity contribution in [3.63, 3.8) is 0 Å². The van der Waals surface area contributed by atoms with Gasteiger partial charge in [-0.3, -0.25) is 4.98 Å². The lowest BCUT2D eigenvalue weighted by molar-refractivity contribution is 0.610. The monoisotopic (exact) mass is 201 g/mol. The smallest absolute Gasteiger partial charge is 0.0643 e. The van der Waals surface area contributed by atoms with Crippen molar-refractivity contribution in [2.45, 2.75) is 31.2 Å². The lowest BCUT2D eigenvalue weighted by atomic mass is 10.0. The van der Waals surface area contributed by atoms with E-state index >= 15 is 0 Å². The van der Waals surface area contributed by atoms with Crippen LogP contribution in [0, 0.1) is 0 Å². The summed E-state index contributed by atoms with van der Waals surface area (Å²) in [5.74, 6) is 0. The minimum atomic E-state index is 0.149. The van der Waals surface area contributed by atoms with Crippen LogP contribution in [0.3, 0.4) is 0 Å². The summed E-state index contributed by atoms with van der Waals surface area (Å²) in [6.07, 6.45) is 10.3. The van der Waals surface area contributed by atoms with E-state index in [0.717, 1.165) is 18.4 Å². The number of rotatable bonds is 3.